The number of likely N-dealkylation sites (tertiary alicyclic amines) is 1. The van der Waals surface area contributed by atoms with E-state index in [1.165, 1.54) is 56.3 Å². The number of likely N-dealkylation sites (N-methyl/N-ethyl adjacent to an activating group) is 1. The number of hydrogen-bond acceptors (Lipinski definition) is 3. The number of rotatable bonds is 10. The number of nitrogens with zero attached hydrogens (tertiary/aromatic N) is 2. The van der Waals surface area contributed by atoms with Gasteiger partial charge in [-0.15, -0.1) is 0 Å². The Labute approximate surface area is 199 Å². The van der Waals surface area contributed by atoms with Crippen molar-refractivity contribution in [1.29, 1.82) is 0 Å². The molecule has 33 heavy (non-hydrogen) atoms. The number of hydrogen-bond donors (Lipinski definition) is 1. The van der Waals surface area contributed by atoms with E-state index in [1.54, 1.807) is 0 Å². The van der Waals surface area contributed by atoms with E-state index < -0.39 is 5.97 Å². The van der Waals surface area contributed by atoms with Crippen LogP contribution in [0.4, 0.5) is 0 Å². The van der Waals surface area contributed by atoms with Crippen molar-refractivity contribution in [2.45, 2.75) is 56.9 Å². The van der Waals surface area contributed by atoms with Crippen LogP contribution in [-0.4, -0.2) is 60.1 Å². The molecule has 1 saturated carbocycles. The summed E-state index contributed by atoms with van der Waals surface area (Å²) >= 11 is 0. The molecule has 2 aliphatic rings. The van der Waals surface area contributed by atoms with Gasteiger partial charge in [-0.1, -0.05) is 67.1 Å². The predicted molar refractivity (Wildman–Crippen MR) is 135 cm³/mol. The molecular formula is C29H40N2O2. The maximum absolute atomic E-state index is 11.3. The van der Waals surface area contributed by atoms with Crippen LogP contribution in [-0.2, 0) is 11.2 Å². The van der Waals surface area contributed by atoms with Gasteiger partial charge in [0.25, 0.3) is 0 Å². The van der Waals surface area contributed by atoms with Crippen LogP contribution >= 0.6 is 0 Å². The summed E-state index contributed by atoms with van der Waals surface area (Å²) in [7, 11) is 1.98. The van der Waals surface area contributed by atoms with Gasteiger partial charge in [-0.3, -0.25) is 9.69 Å². The standard InChI is InChI=1S/C29H40N2O2/c1-30(22-29(32)33)27-19-26(28(20-27)25-13-6-3-7-14-25)21-31-17-15-24(16-18-31)12-8-11-23-9-4-2-5-10-23/h2-7,9-10,13-14,24,26-28H,8,11-12,15-22H2,1H3,(H,32,33). The lowest BCUT2D eigenvalue weighted by Crippen LogP contribution is -2.38. The Morgan fingerprint density at radius 1 is 1.00 bits per heavy atom. The van der Waals surface area contributed by atoms with Gasteiger partial charge in [0.15, 0.2) is 0 Å². The highest BCUT2D eigenvalue weighted by Gasteiger charge is 2.38. The van der Waals surface area contributed by atoms with E-state index in [9.17, 15) is 9.90 Å². The van der Waals surface area contributed by atoms with Crippen LogP contribution in [0, 0.1) is 11.8 Å². The molecule has 2 fully saturated rings. The Balaban J connectivity index is 1.28. The second kappa shape index (κ2) is 11.8. The summed E-state index contributed by atoms with van der Waals surface area (Å²) in [6, 6.07) is 22.1. The third-order valence-electron chi connectivity index (χ3n) is 8.03. The molecule has 4 heteroatoms. The molecule has 0 spiro atoms. The minimum absolute atomic E-state index is 0.132. The molecule has 0 radical (unpaired) electrons. The van der Waals surface area contributed by atoms with Gasteiger partial charge in [0.05, 0.1) is 6.54 Å². The van der Waals surface area contributed by atoms with Gasteiger partial charge in [0.2, 0.25) is 0 Å². The summed E-state index contributed by atoms with van der Waals surface area (Å²) < 4.78 is 0. The summed E-state index contributed by atoms with van der Waals surface area (Å²) in [6.07, 6.45) is 8.65. The molecule has 3 unspecified atom stereocenters. The van der Waals surface area contributed by atoms with Crippen molar-refractivity contribution in [3.63, 3.8) is 0 Å². The van der Waals surface area contributed by atoms with Gasteiger partial charge in [0, 0.05) is 12.6 Å². The zero-order valence-electron chi connectivity index (χ0n) is 20.1. The molecule has 1 aliphatic heterocycles. The lowest BCUT2D eigenvalue weighted by molar-refractivity contribution is -0.138. The molecule has 4 nitrogen and oxygen atoms in total. The van der Waals surface area contributed by atoms with Crippen molar-refractivity contribution in [2.75, 3.05) is 33.2 Å². The normalized spacial score (nSPS) is 24.4. The number of carbonyl (C=O) groups is 1. The molecule has 3 atom stereocenters. The minimum atomic E-state index is -0.730. The average Bonchev–Trinajstić information content (AvgIpc) is 3.25. The van der Waals surface area contributed by atoms with Gasteiger partial charge >= 0.3 is 5.97 Å². The fourth-order valence-electron chi connectivity index (χ4n) is 6.14. The second-order valence-electron chi connectivity index (χ2n) is 10.3. The minimum Gasteiger partial charge on any atom is -0.480 e. The molecule has 1 aliphatic carbocycles. The van der Waals surface area contributed by atoms with Crippen LogP contribution in [0.3, 0.4) is 0 Å². The molecular weight excluding hydrogens is 408 g/mol. The van der Waals surface area contributed by atoms with Gasteiger partial charge in [-0.2, -0.15) is 0 Å². The molecule has 178 valence electrons. The highest BCUT2D eigenvalue weighted by atomic mass is 16.4. The van der Waals surface area contributed by atoms with Crippen LogP contribution in [0.15, 0.2) is 60.7 Å². The SMILES string of the molecule is CN(CC(=O)O)C1CC(CN2CCC(CCCc3ccccc3)CC2)C(c2ccccc2)C1. The largest absolute Gasteiger partial charge is 0.480 e. The fraction of sp³-hybridized carbons (Fsp3) is 0.552. The van der Waals surface area contributed by atoms with Gasteiger partial charge < -0.3 is 10.0 Å². The summed E-state index contributed by atoms with van der Waals surface area (Å²) in [5.41, 5.74) is 2.88. The molecule has 1 saturated heterocycles. The van der Waals surface area contributed by atoms with Crippen molar-refractivity contribution < 1.29 is 9.90 Å². The summed E-state index contributed by atoms with van der Waals surface area (Å²) in [4.78, 5) is 16.0. The maximum Gasteiger partial charge on any atom is 0.317 e. The van der Waals surface area contributed by atoms with E-state index in [0.717, 1.165) is 25.3 Å². The average molecular weight is 449 g/mol. The van der Waals surface area contributed by atoms with Crippen molar-refractivity contribution >= 4 is 5.97 Å². The zero-order chi connectivity index (χ0) is 23.0. The van der Waals surface area contributed by atoms with Crippen molar-refractivity contribution in [3.05, 3.63) is 71.8 Å². The van der Waals surface area contributed by atoms with Crippen molar-refractivity contribution in [1.82, 2.24) is 9.80 Å². The lowest BCUT2D eigenvalue weighted by atomic mass is 9.87. The molecule has 1 heterocycles. The van der Waals surface area contributed by atoms with E-state index in [0.29, 0.717) is 17.9 Å². The maximum atomic E-state index is 11.3. The van der Waals surface area contributed by atoms with E-state index >= 15 is 0 Å². The number of piperidine rings is 1. The summed E-state index contributed by atoms with van der Waals surface area (Å²) in [5.74, 6) is 1.26. The number of carboxylic acids is 1. The molecule has 2 aromatic rings. The number of aryl methyl sites for hydroxylation is 1. The van der Waals surface area contributed by atoms with Gasteiger partial charge in [-0.05, 0) is 87.5 Å². The van der Waals surface area contributed by atoms with Crippen molar-refractivity contribution in [2.24, 2.45) is 11.8 Å². The predicted octanol–water partition coefficient (Wildman–Crippen LogP) is 5.30. The first-order chi connectivity index (χ1) is 16.1. The highest BCUT2D eigenvalue weighted by molar-refractivity contribution is 5.69. The molecule has 0 bridgehead atoms. The fourth-order valence-corrected chi connectivity index (χ4v) is 6.14. The van der Waals surface area contributed by atoms with Crippen LogP contribution in [0.2, 0.25) is 0 Å². The third kappa shape index (κ3) is 6.91. The molecule has 1 N–H and O–H groups in total. The van der Waals surface area contributed by atoms with Crippen LogP contribution in [0.5, 0.6) is 0 Å². The monoisotopic (exact) mass is 448 g/mol. The van der Waals surface area contributed by atoms with Gasteiger partial charge in [0.1, 0.15) is 0 Å². The highest BCUT2D eigenvalue weighted by Crippen LogP contribution is 2.42. The first kappa shape index (κ1) is 24.0. The topological polar surface area (TPSA) is 43.8 Å². The van der Waals surface area contributed by atoms with E-state index in [2.05, 4.69) is 70.5 Å². The lowest BCUT2D eigenvalue weighted by Gasteiger charge is -2.35. The summed E-state index contributed by atoms with van der Waals surface area (Å²) in [6.45, 7) is 3.70. The van der Waals surface area contributed by atoms with E-state index in [1.807, 2.05) is 7.05 Å². The van der Waals surface area contributed by atoms with Gasteiger partial charge in [-0.25, -0.2) is 0 Å². The number of aliphatic carboxylic acids is 1. The Morgan fingerprint density at radius 3 is 2.33 bits per heavy atom. The first-order valence-electron chi connectivity index (χ1n) is 12.8. The Morgan fingerprint density at radius 2 is 1.67 bits per heavy atom. The van der Waals surface area contributed by atoms with Crippen LogP contribution < -0.4 is 0 Å². The summed E-state index contributed by atoms with van der Waals surface area (Å²) in [5, 5.41) is 9.26. The Hall–Kier alpha value is -2.17. The Bertz CT molecular complexity index is 848. The number of benzene rings is 2. The molecule has 0 amide bonds. The number of carboxylic acid groups (broad SMARTS) is 1. The van der Waals surface area contributed by atoms with E-state index in [-0.39, 0.29) is 6.54 Å². The zero-order valence-corrected chi connectivity index (χ0v) is 20.1. The quantitative estimate of drug-likeness (QED) is 0.536. The van der Waals surface area contributed by atoms with Crippen LogP contribution in [0.1, 0.15) is 55.6 Å². The first-order valence-corrected chi connectivity index (χ1v) is 12.8. The molecule has 4 rings (SSSR count). The van der Waals surface area contributed by atoms with Crippen LogP contribution in [0.25, 0.3) is 0 Å². The smallest absolute Gasteiger partial charge is 0.317 e. The van der Waals surface area contributed by atoms with E-state index in [4.69, 9.17) is 0 Å². The third-order valence-corrected chi connectivity index (χ3v) is 8.03. The molecule has 2 aromatic carbocycles. The second-order valence-corrected chi connectivity index (χ2v) is 10.3. The van der Waals surface area contributed by atoms with Crippen molar-refractivity contribution in [3.8, 4) is 0 Å². The molecule has 0 aromatic heterocycles. The Kier molecular flexibility index (Phi) is 8.57.